The van der Waals surface area contributed by atoms with E-state index in [9.17, 15) is 0 Å². The van der Waals surface area contributed by atoms with E-state index in [-0.39, 0.29) is 0 Å². The van der Waals surface area contributed by atoms with Crippen LogP contribution in [0, 0.1) is 13.8 Å². The largest absolute Gasteiger partial charge is 0.356 e. The van der Waals surface area contributed by atoms with E-state index >= 15 is 0 Å². The fourth-order valence-corrected chi connectivity index (χ4v) is 5.29. The molecule has 0 unspecified atom stereocenters. The quantitative estimate of drug-likeness (QED) is 0.488. The van der Waals surface area contributed by atoms with E-state index in [0.29, 0.717) is 11.3 Å². The normalized spacial score (nSPS) is 15.5. The van der Waals surface area contributed by atoms with Crippen LogP contribution >= 0.6 is 22.9 Å². The molecule has 2 heterocycles. The molecule has 3 aromatic rings. The van der Waals surface area contributed by atoms with Crippen LogP contribution in [0.5, 0.6) is 0 Å². The minimum absolute atomic E-state index is 0.340. The SMILES string of the molecule is Cc1ccc(-c2c(C)sc3nc(Cl)nc(N(C)C4CCCCC4)c23)cc1. The number of halogens is 1. The molecule has 0 aliphatic heterocycles. The highest BCUT2D eigenvalue weighted by molar-refractivity contribution is 7.19. The van der Waals surface area contributed by atoms with Crippen molar-refractivity contribution in [1.82, 2.24) is 9.97 Å². The van der Waals surface area contributed by atoms with Crippen LogP contribution in [0.3, 0.4) is 0 Å². The summed E-state index contributed by atoms with van der Waals surface area (Å²) in [6.45, 7) is 4.29. The Hall–Kier alpha value is -1.65. The summed E-state index contributed by atoms with van der Waals surface area (Å²) < 4.78 is 0. The van der Waals surface area contributed by atoms with Gasteiger partial charge in [-0.3, -0.25) is 0 Å². The van der Waals surface area contributed by atoms with Gasteiger partial charge in [0.05, 0.1) is 5.39 Å². The van der Waals surface area contributed by atoms with Crippen LogP contribution in [0.1, 0.15) is 42.5 Å². The summed E-state index contributed by atoms with van der Waals surface area (Å²) in [6, 6.07) is 9.26. The lowest BCUT2D eigenvalue weighted by Crippen LogP contribution is -2.34. The number of aromatic nitrogens is 2. The zero-order valence-electron chi connectivity index (χ0n) is 15.6. The highest BCUT2D eigenvalue weighted by Crippen LogP contribution is 2.43. The molecular formula is C21H24ClN3S. The third-order valence-corrected chi connectivity index (χ3v) is 6.65. The van der Waals surface area contributed by atoms with Crippen LogP contribution in [0.4, 0.5) is 5.82 Å². The van der Waals surface area contributed by atoms with Gasteiger partial charge in [0.2, 0.25) is 5.28 Å². The Bertz CT molecular complexity index is 927. The molecule has 1 aromatic carbocycles. The summed E-state index contributed by atoms with van der Waals surface area (Å²) in [4.78, 5) is 13.8. The van der Waals surface area contributed by atoms with Crippen LogP contribution < -0.4 is 4.90 Å². The second-order valence-corrected chi connectivity index (χ2v) is 8.84. The summed E-state index contributed by atoms with van der Waals surface area (Å²) in [5.41, 5.74) is 3.74. The number of hydrogen-bond acceptors (Lipinski definition) is 4. The van der Waals surface area contributed by atoms with Crippen LogP contribution in [0.15, 0.2) is 24.3 Å². The van der Waals surface area contributed by atoms with Gasteiger partial charge in [0.25, 0.3) is 0 Å². The van der Waals surface area contributed by atoms with Gasteiger partial charge in [0, 0.05) is 23.5 Å². The zero-order chi connectivity index (χ0) is 18.3. The second kappa shape index (κ2) is 7.16. The summed E-state index contributed by atoms with van der Waals surface area (Å²) in [5.74, 6) is 0.979. The maximum absolute atomic E-state index is 6.29. The Labute approximate surface area is 164 Å². The first-order chi connectivity index (χ1) is 12.5. The van der Waals surface area contributed by atoms with Crippen LogP contribution in [-0.2, 0) is 0 Å². The average molecular weight is 386 g/mol. The van der Waals surface area contributed by atoms with Crippen LogP contribution in [0.25, 0.3) is 21.3 Å². The van der Waals surface area contributed by atoms with E-state index in [0.717, 1.165) is 16.0 Å². The summed E-state index contributed by atoms with van der Waals surface area (Å²) in [6.07, 6.45) is 6.39. The van der Waals surface area contributed by atoms with Gasteiger partial charge in [-0.15, -0.1) is 11.3 Å². The van der Waals surface area contributed by atoms with Gasteiger partial charge in [-0.1, -0.05) is 49.1 Å². The van der Waals surface area contributed by atoms with Gasteiger partial charge in [-0.25, -0.2) is 4.98 Å². The van der Waals surface area contributed by atoms with Crippen LogP contribution in [-0.4, -0.2) is 23.1 Å². The Morgan fingerprint density at radius 3 is 2.42 bits per heavy atom. The van der Waals surface area contributed by atoms with Gasteiger partial charge >= 0.3 is 0 Å². The smallest absolute Gasteiger partial charge is 0.225 e. The predicted molar refractivity (Wildman–Crippen MR) is 113 cm³/mol. The Balaban J connectivity index is 1.90. The van der Waals surface area contributed by atoms with Crippen molar-refractivity contribution in [1.29, 1.82) is 0 Å². The van der Waals surface area contributed by atoms with Crippen molar-refractivity contribution in [3.63, 3.8) is 0 Å². The minimum Gasteiger partial charge on any atom is -0.356 e. The molecule has 5 heteroatoms. The van der Waals surface area contributed by atoms with Crippen molar-refractivity contribution < 1.29 is 0 Å². The molecule has 0 radical (unpaired) electrons. The van der Waals surface area contributed by atoms with Gasteiger partial charge in [0.15, 0.2) is 0 Å². The fourth-order valence-electron chi connectivity index (χ4n) is 4.03. The number of rotatable bonds is 3. The Kier molecular flexibility index (Phi) is 4.89. The number of hydrogen-bond donors (Lipinski definition) is 0. The molecular weight excluding hydrogens is 362 g/mol. The Morgan fingerprint density at radius 2 is 1.73 bits per heavy atom. The van der Waals surface area contributed by atoms with Crippen molar-refractivity contribution in [3.8, 4) is 11.1 Å². The van der Waals surface area contributed by atoms with E-state index < -0.39 is 0 Å². The number of aryl methyl sites for hydroxylation is 2. The molecule has 1 fully saturated rings. The van der Waals surface area contributed by atoms with Gasteiger partial charge < -0.3 is 4.90 Å². The number of benzene rings is 1. The molecule has 0 bridgehead atoms. The molecule has 1 aliphatic rings. The lowest BCUT2D eigenvalue weighted by molar-refractivity contribution is 0.426. The van der Waals surface area contributed by atoms with E-state index in [1.165, 1.54) is 53.7 Å². The van der Waals surface area contributed by atoms with Crippen molar-refractivity contribution >= 4 is 39.0 Å². The third kappa shape index (κ3) is 3.21. The summed E-state index contributed by atoms with van der Waals surface area (Å²) in [5, 5.41) is 1.49. The molecule has 0 spiro atoms. The number of nitrogens with zero attached hydrogens (tertiary/aromatic N) is 3. The molecule has 3 nitrogen and oxygen atoms in total. The monoisotopic (exact) mass is 385 g/mol. The van der Waals surface area contributed by atoms with Gasteiger partial charge in [-0.2, -0.15) is 4.98 Å². The number of fused-ring (bicyclic) bond motifs is 1. The van der Waals surface area contributed by atoms with E-state index in [2.05, 4.69) is 60.0 Å². The van der Waals surface area contributed by atoms with Gasteiger partial charge in [-0.05, 0) is 43.9 Å². The van der Waals surface area contributed by atoms with Crippen molar-refractivity contribution in [3.05, 3.63) is 40.0 Å². The zero-order valence-corrected chi connectivity index (χ0v) is 17.1. The van der Waals surface area contributed by atoms with Gasteiger partial charge in [0.1, 0.15) is 10.6 Å². The van der Waals surface area contributed by atoms with E-state index in [1.54, 1.807) is 11.3 Å². The lowest BCUT2D eigenvalue weighted by atomic mass is 9.94. The molecule has 4 rings (SSSR count). The lowest BCUT2D eigenvalue weighted by Gasteiger charge is -2.32. The molecule has 0 N–H and O–H groups in total. The molecule has 2 aromatic heterocycles. The highest BCUT2D eigenvalue weighted by atomic mass is 35.5. The molecule has 1 saturated carbocycles. The maximum Gasteiger partial charge on any atom is 0.225 e. The fraction of sp³-hybridized carbons (Fsp3) is 0.429. The van der Waals surface area contributed by atoms with E-state index in [1.807, 2.05) is 0 Å². The molecule has 1 aliphatic carbocycles. The Morgan fingerprint density at radius 1 is 1.04 bits per heavy atom. The van der Waals surface area contributed by atoms with E-state index in [4.69, 9.17) is 11.6 Å². The highest BCUT2D eigenvalue weighted by Gasteiger charge is 2.25. The standard InChI is InChI=1S/C21H24ClN3S/c1-13-9-11-15(12-10-13)17-14(2)26-20-18(17)19(23-21(22)24-20)25(3)16-7-5-4-6-8-16/h9-12,16H,4-8H2,1-3H3. The molecule has 0 saturated heterocycles. The van der Waals surface area contributed by atoms with Crippen molar-refractivity contribution in [2.24, 2.45) is 0 Å². The summed E-state index contributed by atoms with van der Waals surface area (Å²) in [7, 11) is 2.17. The average Bonchev–Trinajstić information content (AvgIpc) is 2.97. The third-order valence-electron chi connectivity index (χ3n) is 5.48. The number of anilines is 1. The molecule has 0 atom stereocenters. The maximum atomic E-state index is 6.29. The first-order valence-electron chi connectivity index (χ1n) is 9.31. The predicted octanol–water partition coefficient (Wildman–Crippen LogP) is 6.40. The molecule has 0 amide bonds. The van der Waals surface area contributed by atoms with Crippen molar-refractivity contribution in [2.45, 2.75) is 52.0 Å². The van der Waals surface area contributed by atoms with Crippen LogP contribution in [0.2, 0.25) is 5.28 Å². The first-order valence-corrected chi connectivity index (χ1v) is 10.5. The topological polar surface area (TPSA) is 29.0 Å². The minimum atomic E-state index is 0.340. The summed E-state index contributed by atoms with van der Waals surface area (Å²) >= 11 is 8.00. The second-order valence-electron chi connectivity index (χ2n) is 7.30. The molecule has 136 valence electrons. The molecule has 26 heavy (non-hydrogen) atoms. The first kappa shape index (κ1) is 17.7. The number of thiophene rings is 1. The van der Waals surface area contributed by atoms with Crippen molar-refractivity contribution in [2.75, 3.05) is 11.9 Å².